The molecule has 0 spiro atoms. The molecule has 0 aromatic heterocycles. The molecule has 0 amide bonds. The fourth-order valence-electron chi connectivity index (χ4n) is 3.94. The molecule has 2 heterocycles. The molecule has 1 N–H and O–H groups in total. The van der Waals surface area contributed by atoms with Crippen molar-refractivity contribution in [3.8, 4) is 0 Å². The van der Waals surface area contributed by atoms with Crippen LogP contribution in [0.3, 0.4) is 0 Å². The second-order valence-corrected chi connectivity index (χ2v) is 7.11. The summed E-state index contributed by atoms with van der Waals surface area (Å²) in [5.41, 5.74) is 0. The van der Waals surface area contributed by atoms with Crippen LogP contribution in [-0.4, -0.2) is 50.8 Å². The van der Waals surface area contributed by atoms with Crippen molar-refractivity contribution in [3.63, 3.8) is 0 Å². The SMILES string of the molecule is CC[NH+]1CCC(CC2CC[N+](C)(CC)CC2)CC1.[Y].[Y]. The molecular formula is C16H34N2Y2+2. The first-order valence-electron chi connectivity index (χ1n) is 8.32. The molecule has 20 heavy (non-hydrogen) atoms. The number of nitrogens with one attached hydrogen (secondary N) is 1. The largest absolute Gasteiger partial charge is 0.335 e. The van der Waals surface area contributed by atoms with E-state index in [9.17, 15) is 0 Å². The fourth-order valence-corrected chi connectivity index (χ4v) is 3.94. The molecule has 2 radical (unpaired) electrons. The topological polar surface area (TPSA) is 4.44 Å². The van der Waals surface area contributed by atoms with Gasteiger partial charge >= 0.3 is 0 Å². The first kappa shape index (κ1) is 22.1. The molecule has 0 aromatic carbocycles. The van der Waals surface area contributed by atoms with E-state index in [2.05, 4.69) is 20.9 Å². The number of hydrogen-bond acceptors (Lipinski definition) is 0. The van der Waals surface area contributed by atoms with E-state index in [4.69, 9.17) is 0 Å². The Bertz CT molecular complexity index is 245. The second kappa shape index (κ2) is 10.8. The van der Waals surface area contributed by atoms with Crippen LogP contribution in [0.1, 0.15) is 46.0 Å². The van der Waals surface area contributed by atoms with Crippen molar-refractivity contribution in [2.75, 3.05) is 46.3 Å². The Kier molecular flexibility index (Phi) is 12.0. The van der Waals surface area contributed by atoms with E-state index in [1.54, 1.807) is 6.42 Å². The monoisotopic (exact) mass is 432 g/mol. The minimum absolute atomic E-state index is 0. The zero-order valence-electron chi connectivity index (χ0n) is 14.0. The average molecular weight is 432 g/mol. The summed E-state index contributed by atoms with van der Waals surface area (Å²) in [5.74, 6) is 2.11. The first-order valence-corrected chi connectivity index (χ1v) is 8.32. The normalized spacial score (nSPS) is 37.6. The van der Waals surface area contributed by atoms with Crippen LogP contribution in [-0.2, 0) is 65.4 Å². The fraction of sp³-hybridized carbons (Fsp3) is 1.00. The third-order valence-corrected chi connectivity index (χ3v) is 5.90. The predicted molar refractivity (Wildman–Crippen MR) is 77.8 cm³/mol. The van der Waals surface area contributed by atoms with Gasteiger partial charge in [-0.25, -0.2) is 0 Å². The van der Waals surface area contributed by atoms with Gasteiger partial charge in [-0.15, -0.1) is 0 Å². The van der Waals surface area contributed by atoms with E-state index in [0.717, 1.165) is 11.8 Å². The summed E-state index contributed by atoms with van der Waals surface area (Å²) in [6, 6.07) is 0. The second-order valence-electron chi connectivity index (χ2n) is 7.11. The molecule has 2 fully saturated rings. The smallest absolute Gasteiger partial charge is 0.0787 e. The van der Waals surface area contributed by atoms with Crippen molar-refractivity contribution in [2.45, 2.75) is 46.0 Å². The first-order chi connectivity index (χ1) is 8.65. The molecule has 2 nitrogen and oxygen atoms in total. The standard InChI is InChI=1S/C16H33N2.2Y/c1-4-17-10-6-15(7-11-17)14-16-8-12-18(3,5-2)13-9-16;;/h15-16H,4-14H2,1-3H3;;/q+1;;/p+1. The van der Waals surface area contributed by atoms with Crippen LogP contribution in [0.4, 0.5) is 0 Å². The summed E-state index contributed by atoms with van der Waals surface area (Å²) < 4.78 is 1.33. The summed E-state index contributed by atoms with van der Waals surface area (Å²) in [7, 11) is 2.44. The summed E-state index contributed by atoms with van der Waals surface area (Å²) in [6.07, 6.45) is 7.52. The number of piperidine rings is 2. The molecule has 2 aliphatic heterocycles. The zero-order valence-corrected chi connectivity index (χ0v) is 19.7. The number of hydrogen-bond donors (Lipinski definition) is 1. The maximum Gasteiger partial charge on any atom is 0.0787 e. The van der Waals surface area contributed by atoms with E-state index in [1.165, 1.54) is 69.4 Å². The van der Waals surface area contributed by atoms with Gasteiger partial charge in [0.1, 0.15) is 0 Å². The van der Waals surface area contributed by atoms with Crippen LogP contribution >= 0.6 is 0 Å². The number of rotatable bonds is 4. The van der Waals surface area contributed by atoms with Gasteiger partial charge in [-0.2, -0.15) is 0 Å². The molecule has 2 rings (SSSR count). The Labute approximate surface area is 177 Å². The average Bonchev–Trinajstić information content (AvgIpc) is 2.42. The molecule has 0 saturated carbocycles. The molecule has 112 valence electrons. The Balaban J connectivity index is 0.00000180. The number of nitrogens with zero attached hydrogens (tertiary/aromatic N) is 1. The van der Waals surface area contributed by atoms with Crippen LogP contribution in [0.5, 0.6) is 0 Å². The summed E-state index contributed by atoms with van der Waals surface area (Å²) >= 11 is 0. The van der Waals surface area contributed by atoms with E-state index in [-0.39, 0.29) is 65.4 Å². The van der Waals surface area contributed by atoms with Crippen molar-refractivity contribution in [1.82, 2.24) is 0 Å². The van der Waals surface area contributed by atoms with Gasteiger partial charge < -0.3 is 9.38 Å². The molecule has 4 heteroatoms. The molecule has 0 bridgehead atoms. The van der Waals surface area contributed by atoms with E-state index < -0.39 is 0 Å². The minimum atomic E-state index is 0. The maximum atomic E-state index is 2.44. The quantitative estimate of drug-likeness (QED) is 0.644. The van der Waals surface area contributed by atoms with Crippen LogP contribution in [0.25, 0.3) is 0 Å². The van der Waals surface area contributed by atoms with Crippen LogP contribution in [0, 0.1) is 11.8 Å². The Morgan fingerprint density at radius 1 is 0.900 bits per heavy atom. The third kappa shape index (κ3) is 6.71. The molecule has 0 aromatic rings. The Morgan fingerprint density at radius 3 is 1.85 bits per heavy atom. The molecule has 0 aliphatic carbocycles. The Morgan fingerprint density at radius 2 is 1.40 bits per heavy atom. The summed E-state index contributed by atoms with van der Waals surface area (Å²) in [4.78, 5) is 1.84. The van der Waals surface area contributed by atoms with Crippen molar-refractivity contribution < 1.29 is 74.8 Å². The summed E-state index contributed by atoms with van der Waals surface area (Å²) in [6.45, 7) is 13.1. The van der Waals surface area contributed by atoms with Crippen LogP contribution in [0.15, 0.2) is 0 Å². The van der Waals surface area contributed by atoms with Crippen molar-refractivity contribution in [1.29, 1.82) is 0 Å². The van der Waals surface area contributed by atoms with Gasteiger partial charge in [-0.05, 0) is 57.8 Å². The minimum Gasteiger partial charge on any atom is -0.335 e. The molecule has 0 atom stereocenters. The maximum absolute atomic E-state index is 2.44. The van der Waals surface area contributed by atoms with Gasteiger partial charge in [-0.1, -0.05) is 0 Å². The van der Waals surface area contributed by atoms with Gasteiger partial charge in [0.15, 0.2) is 0 Å². The van der Waals surface area contributed by atoms with Gasteiger partial charge in [0.05, 0.1) is 46.3 Å². The van der Waals surface area contributed by atoms with Gasteiger partial charge in [0.2, 0.25) is 0 Å². The number of quaternary nitrogens is 2. The van der Waals surface area contributed by atoms with Crippen LogP contribution in [0.2, 0.25) is 0 Å². The van der Waals surface area contributed by atoms with Gasteiger partial charge in [-0.3, -0.25) is 0 Å². The van der Waals surface area contributed by atoms with E-state index in [0.29, 0.717) is 0 Å². The molecule has 2 aliphatic rings. The van der Waals surface area contributed by atoms with Gasteiger partial charge in [0.25, 0.3) is 0 Å². The number of likely N-dealkylation sites (tertiary alicyclic amines) is 2. The zero-order chi connectivity index (χ0) is 13.0. The Hall–Kier alpha value is 2.13. The van der Waals surface area contributed by atoms with Crippen LogP contribution < -0.4 is 4.90 Å². The molecular weight excluding hydrogens is 398 g/mol. The molecule has 2 saturated heterocycles. The third-order valence-electron chi connectivity index (χ3n) is 5.90. The van der Waals surface area contributed by atoms with Crippen molar-refractivity contribution in [2.24, 2.45) is 11.8 Å². The van der Waals surface area contributed by atoms with E-state index in [1.807, 2.05) is 4.90 Å². The van der Waals surface area contributed by atoms with Crippen molar-refractivity contribution >= 4 is 0 Å². The van der Waals surface area contributed by atoms with Crippen molar-refractivity contribution in [3.05, 3.63) is 0 Å². The van der Waals surface area contributed by atoms with E-state index >= 15 is 0 Å². The van der Waals surface area contributed by atoms with Gasteiger partial charge in [0, 0.05) is 65.4 Å². The molecule has 0 unspecified atom stereocenters. The predicted octanol–water partition coefficient (Wildman–Crippen LogP) is 1.56. The summed E-state index contributed by atoms with van der Waals surface area (Å²) in [5, 5.41) is 0.